The van der Waals surface area contributed by atoms with Gasteiger partial charge in [0, 0.05) is 17.3 Å². The lowest BCUT2D eigenvalue weighted by Crippen LogP contribution is -2.11. The maximum atomic E-state index is 12.3. The number of hydrogen-bond acceptors (Lipinski definition) is 3. The van der Waals surface area contributed by atoms with E-state index in [0.717, 1.165) is 5.56 Å². The van der Waals surface area contributed by atoms with E-state index in [4.69, 9.17) is 4.74 Å². The molecule has 0 fully saturated rings. The van der Waals surface area contributed by atoms with Crippen LogP contribution in [0.3, 0.4) is 0 Å². The van der Waals surface area contributed by atoms with E-state index in [2.05, 4.69) is 5.32 Å². The fourth-order valence-corrected chi connectivity index (χ4v) is 2.25. The monoisotopic (exact) mass is 319 g/mol. The molecule has 120 valence electrons. The molecule has 0 atom stereocenters. The summed E-state index contributed by atoms with van der Waals surface area (Å²) in [6.07, 6.45) is 0. The second-order valence-electron chi connectivity index (χ2n) is 5.31. The number of amides is 1. The molecule has 0 spiro atoms. The van der Waals surface area contributed by atoms with Gasteiger partial charge in [-0.25, -0.2) is 0 Å². The van der Waals surface area contributed by atoms with Gasteiger partial charge in [-0.15, -0.1) is 0 Å². The second kappa shape index (κ2) is 7.33. The van der Waals surface area contributed by atoms with Crippen LogP contribution < -0.4 is 10.1 Å². The van der Waals surface area contributed by atoms with Crippen LogP contribution in [-0.4, -0.2) is 11.0 Å². The van der Waals surface area contributed by atoms with Crippen molar-refractivity contribution >= 4 is 11.6 Å². The third-order valence-corrected chi connectivity index (χ3v) is 3.45. The molecule has 1 amide bonds. The summed E-state index contributed by atoms with van der Waals surface area (Å²) in [5.41, 5.74) is 2.09. The molecule has 0 heterocycles. The number of hydrogen-bond donors (Lipinski definition) is 2. The Morgan fingerprint density at radius 2 is 1.71 bits per heavy atom. The van der Waals surface area contributed by atoms with E-state index in [1.165, 1.54) is 6.07 Å². The van der Waals surface area contributed by atoms with Crippen LogP contribution in [-0.2, 0) is 6.61 Å². The Kier molecular flexibility index (Phi) is 4.77. The predicted octanol–water partition coefficient (Wildman–Crippen LogP) is 4.22. The number of ether oxygens (including phenoxy) is 1. The number of aromatic hydroxyl groups is 1. The summed E-state index contributed by atoms with van der Waals surface area (Å²) >= 11 is 0. The molecule has 2 N–H and O–H groups in total. The highest BCUT2D eigenvalue weighted by molar-refractivity contribution is 6.04. The normalized spacial score (nSPS) is 10.2. The lowest BCUT2D eigenvalue weighted by atomic mass is 10.2. The van der Waals surface area contributed by atoms with E-state index in [1.54, 1.807) is 36.4 Å². The van der Waals surface area contributed by atoms with Crippen molar-refractivity contribution in [2.75, 3.05) is 5.32 Å². The van der Waals surface area contributed by atoms with Crippen molar-refractivity contribution in [3.8, 4) is 11.5 Å². The number of carbonyl (C=O) groups is 1. The molecule has 0 aliphatic carbocycles. The highest BCUT2D eigenvalue weighted by atomic mass is 16.5. The average molecular weight is 319 g/mol. The first-order valence-corrected chi connectivity index (χ1v) is 7.58. The smallest absolute Gasteiger partial charge is 0.255 e. The Hall–Kier alpha value is -3.27. The van der Waals surface area contributed by atoms with Gasteiger partial charge in [0.05, 0.1) is 0 Å². The largest absolute Gasteiger partial charge is 0.508 e. The van der Waals surface area contributed by atoms with E-state index in [-0.39, 0.29) is 11.7 Å². The van der Waals surface area contributed by atoms with Crippen molar-refractivity contribution in [2.24, 2.45) is 0 Å². The Balaban J connectivity index is 1.67. The van der Waals surface area contributed by atoms with Crippen molar-refractivity contribution in [3.63, 3.8) is 0 Å². The highest BCUT2D eigenvalue weighted by Gasteiger charge is 2.08. The van der Waals surface area contributed by atoms with Crippen LogP contribution >= 0.6 is 0 Å². The van der Waals surface area contributed by atoms with Gasteiger partial charge in [0.25, 0.3) is 5.91 Å². The van der Waals surface area contributed by atoms with Crippen LogP contribution in [0.25, 0.3) is 0 Å². The zero-order valence-corrected chi connectivity index (χ0v) is 13.0. The Morgan fingerprint density at radius 3 is 2.50 bits per heavy atom. The van der Waals surface area contributed by atoms with Crippen molar-refractivity contribution in [2.45, 2.75) is 6.61 Å². The SMILES string of the molecule is O=C(Nc1cccc(O)c1)c1cccc(OCc2ccccc2)c1. The summed E-state index contributed by atoms with van der Waals surface area (Å²) in [5.74, 6) is 0.473. The number of rotatable bonds is 5. The number of phenolic OH excluding ortho intramolecular Hbond substituents is 1. The average Bonchev–Trinajstić information content (AvgIpc) is 2.61. The van der Waals surface area contributed by atoms with Gasteiger partial charge in [0.15, 0.2) is 0 Å². The van der Waals surface area contributed by atoms with Gasteiger partial charge >= 0.3 is 0 Å². The number of nitrogens with one attached hydrogen (secondary N) is 1. The van der Waals surface area contributed by atoms with E-state index >= 15 is 0 Å². The molecule has 4 nitrogen and oxygen atoms in total. The summed E-state index contributed by atoms with van der Waals surface area (Å²) < 4.78 is 5.73. The van der Waals surface area contributed by atoms with Crippen molar-refractivity contribution < 1.29 is 14.6 Å². The van der Waals surface area contributed by atoms with E-state index in [0.29, 0.717) is 23.6 Å². The van der Waals surface area contributed by atoms with Crippen LogP contribution in [0.1, 0.15) is 15.9 Å². The molecule has 0 saturated carbocycles. The molecular weight excluding hydrogens is 302 g/mol. The second-order valence-corrected chi connectivity index (χ2v) is 5.31. The van der Waals surface area contributed by atoms with Crippen LogP contribution in [0.2, 0.25) is 0 Å². The number of phenols is 1. The maximum Gasteiger partial charge on any atom is 0.255 e. The minimum Gasteiger partial charge on any atom is -0.508 e. The zero-order chi connectivity index (χ0) is 16.8. The van der Waals surface area contributed by atoms with Gasteiger partial charge < -0.3 is 15.2 Å². The minimum absolute atomic E-state index is 0.104. The Labute approximate surface area is 140 Å². The van der Waals surface area contributed by atoms with Gasteiger partial charge in [-0.1, -0.05) is 42.5 Å². The molecule has 0 unspecified atom stereocenters. The first-order chi connectivity index (χ1) is 11.7. The van der Waals surface area contributed by atoms with Crippen LogP contribution in [0.4, 0.5) is 5.69 Å². The lowest BCUT2D eigenvalue weighted by molar-refractivity contribution is 0.102. The Bertz CT molecular complexity index is 831. The first-order valence-electron chi connectivity index (χ1n) is 7.58. The minimum atomic E-state index is -0.259. The number of carbonyl (C=O) groups excluding carboxylic acids is 1. The molecule has 0 bridgehead atoms. The summed E-state index contributed by atoms with van der Waals surface area (Å²) in [7, 11) is 0. The van der Waals surface area contributed by atoms with Crippen LogP contribution in [0, 0.1) is 0 Å². The van der Waals surface area contributed by atoms with Gasteiger partial charge in [-0.05, 0) is 35.9 Å². The third kappa shape index (κ3) is 4.14. The van der Waals surface area contributed by atoms with Crippen LogP contribution in [0.15, 0.2) is 78.9 Å². The number of benzene rings is 3. The van der Waals surface area contributed by atoms with Gasteiger partial charge in [0.2, 0.25) is 0 Å². The quantitative estimate of drug-likeness (QED) is 0.740. The molecule has 3 aromatic rings. The fourth-order valence-electron chi connectivity index (χ4n) is 2.25. The third-order valence-electron chi connectivity index (χ3n) is 3.45. The summed E-state index contributed by atoms with van der Waals surface area (Å²) in [6, 6.07) is 23.3. The van der Waals surface area contributed by atoms with Gasteiger partial charge in [-0.3, -0.25) is 4.79 Å². The summed E-state index contributed by atoms with van der Waals surface area (Å²) in [4.78, 5) is 12.3. The zero-order valence-electron chi connectivity index (χ0n) is 13.0. The van der Waals surface area contributed by atoms with E-state index in [9.17, 15) is 9.90 Å². The molecule has 0 saturated heterocycles. The predicted molar refractivity (Wildman–Crippen MR) is 93.3 cm³/mol. The molecule has 0 radical (unpaired) electrons. The molecule has 0 aliphatic heterocycles. The first kappa shape index (κ1) is 15.6. The van der Waals surface area contributed by atoms with Gasteiger partial charge in [-0.2, -0.15) is 0 Å². The van der Waals surface area contributed by atoms with Crippen molar-refractivity contribution in [1.29, 1.82) is 0 Å². The molecular formula is C20H17NO3. The Morgan fingerprint density at radius 1 is 0.917 bits per heavy atom. The lowest BCUT2D eigenvalue weighted by Gasteiger charge is -2.09. The maximum absolute atomic E-state index is 12.3. The molecule has 3 aromatic carbocycles. The van der Waals surface area contributed by atoms with Crippen molar-refractivity contribution in [3.05, 3.63) is 90.0 Å². The summed E-state index contributed by atoms with van der Waals surface area (Å²) in [6.45, 7) is 0.443. The molecule has 3 rings (SSSR count). The van der Waals surface area contributed by atoms with Gasteiger partial charge in [0.1, 0.15) is 18.1 Å². The standard InChI is InChI=1S/C20H17NO3/c22-18-10-5-9-17(13-18)21-20(23)16-8-4-11-19(12-16)24-14-15-6-2-1-3-7-15/h1-13,22H,14H2,(H,21,23). The van der Waals surface area contributed by atoms with Crippen molar-refractivity contribution in [1.82, 2.24) is 0 Å². The topological polar surface area (TPSA) is 58.6 Å². The molecule has 4 heteroatoms. The van der Waals surface area contributed by atoms with E-state index in [1.807, 2.05) is 36.4 Å². The molecule has 0 aliphatic rings. The van der Waals surface area contributed by atoms with Crippen LogP contribution in [0.5, 0.6) is 11.5 Å². The number of anilines is 1. The summed E-state index contributed by atoms with van der Waals surface area (Å²) in [5, 5.41) is 12.2. The highest BCUT2D eigenvalue weighted by Crippen LogP contribution is 2.19. The molecule has 0 aromatic heterocycles. The van der Waals surface area contributed by atoms with E-state index < -0.39 is 0 Å². The molecule has 24 heavy (non-hydrogen) atoms. The fraction of sp³-hybridized carbons (Fsp3) is 0.0500.